The van der Waals surface area contributed by atoms with E-state index >= 15 is 0 Å². The van der Waals surface area contributed by atoms with E-state index in [1.165, 1.54) is 4.90 Å². The maximum Gasteiger partial charge on any atom is 0.243 e. The van der Waals surface area contributed by atoms with E-state index in [-0.39, 0.29) is 36.6 Å². The molecule has 2 aliphatic carbocycles. The fourth-order valence-corrected chi connectivity index (χ4v) is 7.68. The molecule has 0 unspecified atom stereocenters. The van der Waals surface area contributed by atoms with Crippen LogP contribution in [0.25, 0.3) is 10.8 Å². The van der Waals surface area contributed by atoms with Gasteiger partial charge in [0.15, 0.2) is 15.6 Å². The Morgan fingerprint density at radius 1 is 1.18 bits per heavy atom. The van der Waals surface area contributed by atoms with Crippen molar-refractivity contribution in [3.63, 3.8) is 0 Å². The summed E-state index contributed by atoms with van der Waals surface area (Å²) in [6.07, 6.45) is 4.07. The highest BCUT2D eigenvalue weighted by Crippen LogP contribution is 2.46. The third-order valence-corrected chi connectivity index (χ3v) is 11.7. The van der Waals surface area contributed by atoms with Gasteiger partial charge in [0.05, 0.1) is 32.2 Å². The van der Waals surface area contributed by atoms with Crippen molar-refractivity contribution in [2.24, 2.45) is 17.3 Å². The minimum atomic E-state index is -3.58. The first kappa shape index (κ1) is 32.7. The highest BCUT2D eigenvalue weighted by Gasteiger charge is 2.61. The summed E-state index contributed by atoms with van der Waals surface area (Å²) in [5.41, 5.74) is -1.72. The highest BCUT2D eigenvalue weighted by molar-refractivity contribution is 7.93. The van der Waals surface area contributed by atoms with Crippen LogP contribution >= 0.6 is 0 Å². The summed E-state index contributed by atoms with van der Waals surface area (Å²) in [6.45, 7) is 11.6. The van der Waals surface area contributed by atoms with E-state index in [2.05, 4.69) is 16.9 Å². The molecule has 0 radical (unpaired) electrons. The van der Waals surface area contributed by atoms with E-state index in [0.29, 0.717) is 35.6 Å². The molecule has 3 fully saturated rings. The number of methoxy groups -OCH3 is 2. The summed E-state index contributed by atoms with van der Waals surface area (Å²) in [5, 5.41) is 3.80. The molecule has 11 nitrogen and oxygen atoms in total. The molecule has 2 saturated carbocycles. The van der Waals surface area contributed by atoms with Crippen LogP contribution in [-0.4, -0.2) is 85.4 Å². The van der Waals surface area contributed by atoms with Crippen molar-refractivity contribution >= 4 is 38.2 Å². The Kier molecular flexibility index (Phi) is 8.67. The van der Waals surface area contributed by atoms with Crippen molar-refractivity contribution in [1.29, 1.82) is 0 Å². The number of ether oxygens (including phenoxy) is 3. The average Bonchev–Trinajstić information content (AvgIpc) is 3.92. The molecule has 1 N–H and O–H groups in total. The zero-order valence-electron chi connectivity index (χ0n) is 26.8. The van der Waals surface area contributed by atoms with Crippen LogP contribution in [0.4, 0.5) is 0 Å². The number of carbonyl (C=O) groups is 3. The summed E-state index contributed by atoms with van der Waals surface area (Å²) < 4.78 is 42.6. The first-order valence-corrected chi connectivity index (χ1v) is 17.0. The minimum Gasteiger partial charge on any atom is -0.497 e. The van der Waals surface area contributed by atoms with Crippen LogP contribution in [0.5, 0.6) is 17.4 Å². The van der Waals surface area contributed by atoms with Crippen LogP contribution < -0.4 is 19.5 Å². The summed E-state index contributed by atoms with van der Waals surface area (Å²) in [4.78, 5) is 47.2. The van der Waals surface area contributed by atoms with Crippen molar-refractivity contribution in [3.8, 4) is 17.4 Å². The van der Waals surface area contributed by atoms with Gasteiger partial charge in [0.2, 0.25) is 17.7 Å². The molecular weight excluding hydrogens is 598 g/mol. The third kappa shape index (κ3) is 6.39. The molecule has 1 aliphatic heterocycles. The molecule has 2 heterocycles. The largest absolute Gasteiger partial charge is 0.497 e. The van der Waals surface area contributed by atoms with Crippen LogP contribution in [0.1, 0.15) is 53.4 Å². The van der Waals surface area contributed by atoms with Gasteiger partial charge in [0, 0.05) is 29.0 Å². The maximum atomic E-state index is 14.0. The van der Waals surface area contributed by atoms with Crippen molar-refractivity contribution in [1.82, 2.24) is 15.2 Å². The molecule has 244 valence electrons. The normalized spacial score (nSPS) is 25.4. The van der Waals surface area contributed by atoms with E-state index in [1.54, 1.807) is 32.6 Å². The molecule has 0 spiro atoms. The van der Waals surface area contributed by atoms with Gasteiger partial charge in [-0.2, -0.15) is 0 Å². The number of Topliss-reactive ketones (excluding diaryl/α,β-unsaturated/α-hetero) is 1. The average molecular weight is 642 g/mol. The number of hydrogen-bond acceptors (Lipinski definition) is 9. The number of carbonyl (C=O) groups excluding carboxylic acids is 3. The molecule has 1 aromatic carbocycles. The van der Waals surface area contributed by atoms with E-state index in [0.717, 1.165) is 5.39 Å². The fraction of sp³-hybridized carbons (Fsp3) is 0.576. The van der Waals surface area contributed by atoms with E-state index in [4.69, 9.17) is 14.2 Å². The first-order chi connectivity index (χ1) is 21.1. The Hall–Kier alpha value is -3.67. The van der Waals surface area contributed by atoms with Crippen molar-refractivity contribution in [2.75, 3.05) is 26.5 Å². The van der Waals surface area contributed by atoms with Crippen LogP contribution in [0.2, 0.25) is 0 Å². The molecule has 1 aromatic heterocycles. The summed E-state index contributed by atoms with van der Waals surface area (Å²) in [7, 11) is -0.462. The Labute approximate surface area is 264 Å². The maximum absolute atomic E-state index is 14.0. The lowest BCUT2D eigenvalue weighted by atomic mass is 9.81. The van der Waals surface area contributed by atoms with Gasteiger partial charge in [-0.25, -0.2) is 13.4 Å². The van der Waals surface area contributed by atoms with Gasteiger partial charge in [-0.15, -0.1) is 6.58 Å². The summed E-state index contributed by atoms with van der Waals surface area (Å²) >= 11 is 0. The number of benzene rings is 1. The summed E-state index contributed by atoms with van der Waals surface area (Å²) in [6, 6.07) is 4.48. The number of likely N-dealkylation sites (tertiary alicyclic amines) is 1. The monoisotopic (exact) mass is 641 g/mol. The number of amides is 2. The predicted octanol–water partition coefficient (Wildman–Crippen LogP) is 3.49. The number of rotatable bonds is 12. The van der Waals surface area contributed by atoms with Gasteiger partial charge in [0.1, 0.15) is 34.9 Å². The molecule has 45 heavy (non-hydrogen) atoms. The standard InChI is InChI=1S/C33H43N3O8S/c1-8-20-15-33(20,28(37)18-45(40,41)23-10-11-23)35-29(38)26-14-22(17-36(26)31(39)19(2)32(3,4)5)44-30-24-12-9-21(42-6)13-25(24)27(43-7)16-34-30/h8-9,12-13,16,19-20,22-23,26H,1,10-11,14-15,17-18H2,2-7H3,(H,35,38)/t19-,20-,22-,26+,33-/m1/s1. The van der Waals surface area contributed by atoms with Gasteiger partial charge < -0.3 is 24.4 Å². The smallest absolute Gasteiger partial charge is 0.243 e. The predicted molar refractivity (Wildman–Crippen MR) is 169 cm³/mol. The number of fused-ring (bicyclic) bond motifs is 1. The van der Waals surface area contributed by atoms with Crippen LogP contribution in [0.3, 0.4) is 0 Å². The molecule has 0 bridgehead atoms. The number of sulfone groups is 1. The Bertz CT molecular complexity index is 1630. The lowest BCUT2D eigenvalue weighted by Crippen LogP contribution is -2.55. The number of pyridine rings is 1. The van der Waals surface area contributed by atoms with Gasteiger partial charge >= 0.3 is 0 Å². The lowest BCUT2D eigenvalue weighted by Gasteiger charge is -2.33. The van der Waals surface area contributed by atoms with Gasteiger partial charge in [-0.1, -0.05) is 33.8 Å². The molecule has 12 heteroatoms. The summed E-state index contributed by atoms with van der Waals surface area (Å²) in [5.74, 6) is -1.20. The molecule has 5 rings (SSSR count). The van der Waals surface area contributed by atoms with Gasteiger partial charge in [-0.05, 0) is 42.9 Å². The Balaban J connectivity index is 1.42. The quantitative estimate of drug-likeness (QED) is 0.345. The molecular formula is C33H43N3O8S. The minimum absolute atomic E-state index is 0.130. The molecule has 2 aromatic rings. The number of ketones is 1. The second-order valence-electron chi connectivity index (χ2n) is 13.5. The lowest BCUT2D eigenvalue weighted by molar-refractivity contribution is -0.144. The van der Waals surface area contributed by atoms with Crippen LogP contribution in [-0.2, 0) is 24.2 Å². The van der Waals surface area contributed by atoms with Gasteiger partial charge in [-0.3, -0.25) is 14.4 Å². The third-order valence-electron chi connectivity index (χ3n) is 9.55. The van der Waals surface area contributed by atoms with Crippen molar-refractivity contribution < 1.29 is 37.0 Å². The Morgan fingerprint density at radius 3 is 2.47 bits per heavy atom. The van der Waals surface area contributed by atoms with E-state index in [1.807, 2.05) is 39.8 Å². The SMILES string of the molecule is C=C[C@@H]1C[C@]1(NC(=O)[C@@H]1C[C@@H](Oc2ncc(OC)c3cc(OC)ccc23)CN1C(=O)[C@@H](C)C(C)(C)C)C(=O)CS(=O)(=O)C1CC1. The fourth-order valence-electron chi connectivity index (χ4n) is 5.97. The molecule has 3 aliphatic rings. The number of aromatic nitrogens is 1. The van der Waals surface area contributed by atoms with Gasteiger partial charge in [0.25, 0.3) is 0 Å². The first-order valence-electron chi connectivity index (χ1n) is 15.3. The second-order valence-corrected chi connectivity index (χ2v) is 15.8. The second kappa shape index (κ2) is 11.9. The zero-order valence-corrected chi connectivity index (χ0v) is 27.6. The molecule has 1 saturated heterocycles. The zero-order chi connectivity index (χ0) is 32.9. The van der Waals surface area contributed by atoms with Crippen molar-refractivity contribution in [2.45, 2.75) is 76.3 Å². The number of nitrogens with one attached hydrogen (secondary N) is 1. The Morgan fingerprint density at radius 2 is 1.89 bits per heavy atom. The van der Waals surface area contributed by atoms with E-state index < -0.39 is 56.1 Å². The van der Waals surface area contributed by atoms with Crippen molar-refractivity contribution in [3.05, 3.63) is 37.1 Å². The van der Waals surface area contributed by atoms with E-state index in [9.17, 15) is 22.8 Å². The number of nitrogens with zero attached hydrogens (tertiary/aromatic N) is 2. The molecule has 5 atom stereocenters. The van der Waals surface area contributed by atoms with Crippen LogP contribution in [0.15, 0.2) is 37.1 Å². The highest BCUT2D eigenvalue weighted by atomic mass is 32.2. The molecule has 2 amide bonds. The number of hydrogen-bond donors (Lipinski definition) is 1. The topological polar surface area (TPSA) is 141 Å². The van der Waals surface area contributed by atoms with Crippen LogP contribution in [0, 0.1) is 17.3 Å².